The van der Waals surface area contributed by atoms with E-state index in [0.717, 1.165) is 19.3 Å². The summed E-state index contributed by atoms with van der Waals surface area (Å²) in [4.78, 5) is 12.7. The molecule has 2 bridgehead atoms. The third-order valence-electron chi connectivity index (χ3n) is 6.57. The molecule has 21 heavy (non-hydrogen) atoms. The molecular weight excluding hydrogens is 286 g/mol. The summed E-state index contributed by atoms with van der Waals surface area (Å²) < 4.78 is 26.6. The van der Waals surface area contributed by atoms with Gasteiger partial charge in [-0.1, -0.05) is 26.8 Å². The van der Waals surface area contributed by atoms with Gasteiger partial charge in [0.05, 0.1) is 11.8 Å². The number of hydrogen-bond acceptors (Lipinski definition) is 3. The number of carbonyl (C=O) groups excluding carboxylic acids is 1. The fourth-order valence-corrected chi connectivity index (χ4v) is 7.78. The van der Waals surface area contributed by atoms with Crippen molar-refractivity contribution in [2.75, 3.05) is 5.75 Å². The second-order valence-corrected chi connectivity index (χ2v) is 9.53. The Morgan fingerprint density at radius 1 is 1.48 bits per heavy atom. The van der Waals surface area contributed by atoms with E-state index in [4.69, 9.17) is 0 Å². The van der Waals surface area contributed by atoms with Crippen molar-refractivity contribution in [2.24, 2.45) is 22.7 Å². The first kappa shape index (κ1) is 15.1. The molecule has 0 radical (unpaired) electrons. The fourth-order valence-electron chi connectivity index (χ4n) is 5.15. The molecule has 0 N–H and O–H groups in total. The molecule has 1 aliphatic heterocycles. The standard InChI is InChI=1S/C16H25NO3S/c1-5-6-11(2)14(18)17-13-9-12-7-8-16(13,15(12,3)4)10-21(17,19)20/h5,11-13H,1,6-10H2,2-4H3/t11-,12+,13+,16+/m0/s1. The minimum Gasteiger partial charge on any atom is -0.273 e. The molecule has 3 aliphatic rings. The van der Waals surface area contributed by atoms with Crippen LogP contribution in [0.5, 0.6) is 0 Å². The average molecular weight is 311 g/mol. The summed E-state index contributed by atoms with van der Waals surface area (Å²) in [6, 6.07) is -0.115. The zero-order valence-corrected chi connectivity index (χ0v) is 13.9. The van der Waals surface area contributed by atoms with Gasteiger partial charge in [-0.05, 0) is 37.0 Å². The van der Waals surface area contributed by atoms with Crippen LogP contribution < -0.4 is 0 Å². The maximum absolute atomic E-state index is 12.7. The lowest BCUT2D eigenvalue weighted by Crippen LogP contribution is -2.45. The number of rotatable bonds is 3. The molecular formula is C16H25NO3S. The Bertz CT molecular complexity index is 595. The van der Waals surface area contributed by atoms with Crippen molar-refractivity contribution < 1.29 is 13.2 Å². The van der Waals surface area contributed by atoms with Crippen LogP contribution in [-0.2, 0) is 14.8 Å². The van der Waals surface area contributed by atoms with Crippen LogP contribution in [0.2, 0.25) is 0 Å². The third kappa shape index (κ3) is 1.73. The molecule has 0 aromatic rings. The zero-order chi connectivity index (χ0) is 15.6. The normalized spacial score (nSPS) is 40.0. The lowest BCUT2D eigenvalue weighted by Gasteiger charge is -2.37. The van der Waals surface area contributed by atoms with Gasteiger partial charge in [-0.2, -0.15) is 0 Å². The maximum atomic E-state index is 12.7. The molecule has 1 amide bonds. The van der Waals surface area contributed by atoms with Crippen LogP contribution in [0.4, 0.5) is 0 Å². The highest BCUT2D eigenvalue weighted by Crippen LogP contribution is 2.70. The van der Waals surface area contributed by atoms with Gasteiger partial charge in [-0.3, -0.25) is 4.79 Å². The number of amides is 1. The van der Waals surface area contributed by atoms with Crippen LogP contribution in [0.15, 0.2) is 12.7 Å². The molecule has 1 saturated heterocycles. The second kappa shape index (κ2) is 4.34. The van der Waals surface area contributed by atoms with Crippen molar-refractivity contribution in [1.82, 2.24) is 4.31 Å². The van der Waals surface area contributed by atoms with Crippen LogP contribution in [0.3, 0.4) is 0 Å². The fraction of sp³-hybridized carbons (Fsp3) is 0.812. The maximum Gasteiger partial charge on any atom is 0.239 e. The lowest BCUT2D eigenvalue weighted by molar-refractivity contribution is -0.132. The quantitative estimate of drug-likeness (QED) is 0.753. The molecule has 3 rings (SSSR count). The summed E-state index contributed by atoms with van der Waals surface area (Å²) >= 11 is 0. The summed E-state index contributed by atoms with van der Waals surface area (Å²) in [6.45, 7) is 9.84. The molecule has 2 saturated carbocycles. The van der Waals surface area contributed by atoms with Crippen molar-refractivity contribution in [3.8, 4) is 0 Å². The molecule has 3 fully saturated rings. The number of hydrogen-bond donors (Lipinski definition) is 0. The predicted octanol–water partition coefficient (Wildman–Crippen LogP) is 2.57. The highest BCUT2D eigenvalue weighted by molar-refractivity contribution is 7.90. The lowest BCUT2D eigenvalue weighted by atomic mass is 9.69. The van der Waals surface area contributed by atoms with Gasteiger partial charge in [-0.15, -0.1) is 6.58 Å². The van der Waals surface area contributed by atoms with Crippen molar-refractivity contribution in [2.45, 2.75) is 52.5 Å². The molecule has 0 aromatic carbocycles. The van der Waals surface area contributed by atoms with Gasteiger partial charge in [0.15, 0.2) is 0 Å². The minimum absolute atomic E-state index is 0.0153. The third-order valence-corrected chi connectivity index (χ3v) is 8.48. The number of carbonyl (C=O) groups is 1. The number of sulfonamides is 1. The average Bonchev–Trinajstić information content (AvgIpc) is 2.85. The van der Waals surface area contributed by atoms with Crippen LogP contribution in [-0.4, -0.2) is 30.4 Å². The Kier molecular flexibility index (Phi) is 3.11. The van der Waals surface area contributed by atoms with E-state index in [9.17, 15) is 13.2 Å². The molecule has 1 heterocycles. The first-order valence-electron chi connectivity index (χ1n) is 7.84. The molecule has 118 valence electrons. The van der Waals surface area contributed by atoms with Crippen LogP contribution >= 0.6 is 0 Å². The Balaban J connectivity index is 2.00. The summed E-state index contributed by atoms with van der Waals surface area (Å²) in [6.07, 6.45) is 5.10. The Morgan fingerprint density at radius 3 is 2.71 bits per heavy atom. The number of fused-ring (bicyclic) bond motifs is 1. The molecule has 1 spiro atoms. The van der Waals surface area contributed by atoms with Crippen LogP contribution in [0.1, 0.15) is 46.5 Å². The Labute approximate surface area is 127 Å². The van der Waals surface area contributed by atoms with Gasteiger partial charge >= 0.3 is 0 Å². The van der Waals surface area contributed by atoms with Crippen molar-refractivity contribution in [3.63, 3.8) is 0 Å². The van der Waals surface area contributed by atoms with E-state index < -0.39 is 10.0 Å². The van der Waals surface area contributed by atoms with E-state index >= 15 is 0 Å². The molecule has 4 atom stereocenters. The van der Waals surface area contributed by atoms with Gasteiger partial charge in [0.1, 0.15) is 0 Å². The summed E-state index contributed by atoms with van der Waals surface area (Å²) in [5.74, 6) is 0.151. The van der Waals surface area contributed by atoms with E-state index in [1.54, 1.807) is 13.0 Å². The SMILES string of the molecule is C=CC[C@H](C)C(=O)N1[C@@H]2C[C@H]3CC[C@]2(CS1(=O)=O)C3(C)C. The van der Waals surface area contributed by atoms with Crippen LogP contribution in [0, 0.1) is 22.7 Å². The second-order valence-electron chi connectivity index (χ2n) is 7.68. The molecule has 5 heteroatoms. The minimum atomic E-state index is -3.47. The summed E-state index contributed by atoms with van der Waals surface area (Å²) in [5.41, 5.74) is -0.207. The van der Waals surface area contributed by atoms with Crippen molar-refractivity contribution >= 4 is 15.9 Å². The molecule has 4 nitrogen and oxygen atoms in total. The first-order chi connectivity index (χ1) is 9.67. The van der Waals surface area contributed by atoms with Crippen molar-refractivity contribution in [1.29, 1.82) is 0 Å². The number of allylic oxidation sites excluding steroid dienone is 1. The molecule has 0 unspecified atom stereocenters. The van der Waals surface area contributed by atoms with E-state index in [1.807, 2.05) is 0 Å². The highest BCUT2D eigenvalue weighted by atomic mass is 32.2. The van der Waals surface area contributed by atoms with Gasteiger partial charge in [0.25, 0.3) is 0 Å². The molecule has 2 aliphatic carbocycles. The first-order valence-corrected chi connectivity index (χ1v) is 9.45. The van der Waals surface area contributed by atoms with E-state index in [-0.39, 0.29) is 34.4 Å². The van der Waals surface area contributed by atoms with Gasteiger partial charge in [0.2, 0.25) is 15.9 Å². The number of nitrogens with zero attached hydrogens (tertiary/aromatic N) is 1. The van der Waals surface area contributed by atoms with Gasteiger partial charge in [-0.25, -0.2) is 12.7 Å². The predicted molar refractivity (Wildman–Crippen MR) is 82.0 cm³/mol. The van der Waals surface area contributed by atoms with E-state index in [1.165, 1.54) is 4.31 Å². The highest BCUT2D eigenvalue weighted by Gasteiger charge is 2.72. The Hall–Kier alpha value is -0.840. The van der Waals surface area contributed by atoms with Gasteiger partial charge in [0, 0.05) is 11.3 Å². The smallest absolute Gasteiger partial charge is 0.239 e. The van der Waals surface area contributed by atoms with E-state index in [2.05, 4.69) is 20.4 Å². The van der Waals surface area contributed by atoms with Crippen molar-refractivity contribution in [3.05, 3.63) is 12.7 Å². The Morgan fingerprint density at radius 2 is 2.14 bits per heavy atom. The summed E-state index contributed by atoms with van der Waals surface area (Å²) in [5, 5.41) is 0. The van der Waals surface area contributed by atoms with Crippen LogP contribution in [0.25, 0.3) is 0 Å². The topological polar surface area (TPSA) is 54.5 Å². The summed E-state index contributed by atoms with van der Waals surface area (Å²) in [7, 11) is -3.47. The molecule has 0 aromatic heterocycles. The monoisotopic (exact) mass is 311 g/mol. The zero-order valence-electron chi connectivity index (χ0n) is 13.1. The van der Waals surface area contributed by atoms with E-state index in [0.29, 0.717) is 12.3 Å². The largest absolute Gasteiger partial charge is 0.273 e. The van der Waals surface area contributed by atoms with Gasteiger partial charge < -0.3 is 0 Å².